The molecule has 0 aliphatic carbocycles. The highest BCUT2D eigenvalue weighted by Gasteiger charge is 2.04. The van der Waals surface area contributed by atoms with E-state index in [1.54, 1.807) is 36.0 Å². The minimum Gasteiger partial charge on any atom is -0.352 e. The minimum atomic E-state index is -0.00564. The topological polar surface area (TPSA) is 58.4 Å². The summed E-state index contributed by atoms with van der Waals surface area (Å²) in [5.41, 5.74) is 3.12. The molecular formula is C22H22Cl2N4O. The Bertz CT molecular complexity index is 1050. The van der Waals surface area contributed by atoms with Gasteiger partial charge in [-0.1, -0.05) is 59.6 Å². The van der Waals surface area contributed by atoms with Crippen LogP contribution in [0.25, 0.3) is 0 Å². The Morgan fingerprint density at radius 2 is 1.69 bits per heavy atom. The summed E-state index contributed by atoms with van der Waals surface area (Å²) in [5, 5.41) is 7.75. The smallest absolute Gasteiger partial charge is 0.250 e. The highest BCUT2D eigenvalue weighted by molar-refractivity contribution is 6.35. The van der Waals surface area contributed by atoms with Gasteiger partial charge in [0.25, 0.3) is 5.56 Å². The number of halogens is 2. The van der Waals surface area contributed by atoms with Crippen LogP contribution in [0.2, 0.25) is 10.0 Å². The average molecular weight is 429 g/mol. The molecule has 0 aliphatic heterocycles. The quantitative estimate of drug-likeness (QED) is 0.459. The molecule has 29 heavy (non-hydrogen) atoms. The van der Waals surface area contributed by atoms with Crippen LogP contribution < -0.4 is 16.2 Å². The van der Waals surface area contributed by atoms with E-state index in [-0.39, 0.29) is 5.56 Å². The number of benzene rings is 2. The Labute approximate surface area is 180 Å². The van der Waals surface area contributed by atoms with Crippen molar-refractivity contribution in [2.75, 3.05) is 7.05 Å². The molecule has 1 aromatic heterocycles. The van der Waals surface area contributed by atoms with Crippen molar-refractivity contribution in [2.45, 2.75) is 19.6 Å². The standard InChI is InChI=1S/C22H22Cl2N4O/c1-25-22(27-14-18-9-10-19(23)12-20(18)24)26-13-16-5-7-17(8-6-16)15-28-11-3-2-4-21(28)29/h2-12H,13-15H2,1H3,(H2,25,26,27). The Kier molecular flexibility index (Phi) is 7.33. The number of aromatic nitrogens is 1. The lowest BCUT2D eigenvalue weighted by Gasteiger charge is -2.13. The molecule has 7 heteroatoms. The molecule has 2 N–H and O–H groups in total. The van der Waals surface area contributed by atoms with E-state index in [1.807, 2.05) is 42.5 Å². The van der Waals surface area contributed by atoms with Gasteiger partial charge in [0.05, 0.1) is 6.54 Å². The Balaban J connectivity index is 1.53. The van der Waals surface area contributed by atoms with Crippen LogP contribution in [0.4, 0.5) is 0 Å². The second-order valence-electron chi connectivity index (χ2n) is 6.50. The summed E-state index contributed by atoms with van der Waals surface area (Å²) < 4.78 is 1.68. The second kappa shape index (κ2) is 10.1. The molecule has 0 unspecified atom stereocenters. The van der Waals surface area contributed by atoms with Crippen LogP contribution in [0.1, 0.15) is 16.7 Å². The third-order valence-electron chi connectivity index (χ3n) is 4.42. The molecule has 0 fully saturated rings. The molecular weight excluding hydrogens is 407 g/mol. The van der Waals surface area contributed by atoms with E-state index in [9.17, 15) is 4.79 Å². The molecule has 5 nitrogen and oxygen atoms in total. The van der Waals surface area contributed by atoms with Crippen LogP contribution >= 0.6 is 23.2 Å². The molecule has 150 valence electrons. The lowest BCUT2D eigenvalue weighted by atomic mass is 10.1. The lowest BCUT2D eigenvalue weighted by Crippen LogP contribution is -2.36. The van der Waals surface area contributed by atoms with E-state index < -0.39 is 0 Å². The number of hydrogen-bond donors (Lipinski definition) is 2. The Morgan fingerprint density at radius 1 is 0.966 bits per heavy atom. The van der Waals surface area contributed by atoms with Crippen LogP contribution in [0.3, 0.4) is 0 Å². The van der Waals surface area contributed by atoms with Crippen molar-refractivity contribution in [3.8, 4) is 0 Å². The number of nitrogens with one attached hydrogen (secondary N) is 2. The summed E-state index contributed by atoms with van der Waals surface area (Å²) >= 11 is 12.1. The van der Waals surface area contributed by atoms with E-state index in [0.717, 1.165) is 16.7 Å². The van der Waals surface area contributed by atoms with Crippen LogP contribution in [0.5, 0.6) is 0 Å². The largest absolute Gasteiger partial charge is 0.352 e. The van der Waals surface area contributed by atoms with E-state index in [4.69, 9.17) is 23.2 Å². The molecule has 0 saturated heterocycles. The van der Waals surface area contributed by atoms with Crippen LogP contribution in [-0.2, 0) is 19.6 Å². The van der Waals surface area contributed by atoms with Gasteiger partial charge in [0.2, 0.25) is 0 Å². The van der Waals surface area contributed by atoms with E-state index in [2.05, 4.69) is 15.6 Å². The molecule has 0 aliphatic rings. The maximum absolute atomic E-state index is 11.8. The number of rotatable bonds is 6. The van der Waals surface area contributed by atoms with Gasteiger partial charge < -0.3 is 15.2 Å². The predicted molar refractivity (Wildman–Crippen MR) is 120 cm³/mol. The van der Waals surface area contributed by atoms with Gasteiger partial charge >= 0.3 is 0 Å². The fraction of sp³-hybridized carbons (Fsp3) is 0.182. The number of aliphatic imine (C=N–C) groups is 1. The van der Waals surface area contributed by atoms with Gasteiger partial charge in [0.15, 0.2) is 5.96 Å². The summed E-state index contributed by atoms with van der Waals surface area (Å²) in [6.45, 7) is 1.72. The van der Waals surface area contributed by atoms with Gasteiger partial charge in [-0.3, -0.25) is 9.79 Å². The average Bonchev–Trinajstić information content (AvgIpc) is 2.72. The zero-order chi connectivity index (χ0) is 20.6. The third kappa shape index (κ3) is 6.11. The SMILES string of the molecule is CN=C(NCc1ccc(Cn2ccccc2=O)cc1)NCc1ccc(Cl)cc1Cl. The lowest BCUT2D eigenvalue weighted by molar-refractivity contribution is 0.758. The molecule has 3 aromatic rings. The fourth-order valence-electron chi connectivity index (χ4n) is 2.80. The summed E-state index contributed by atoms with van der Waals surface area (Å²) in [6.07, 6.45) is 1.79. The molecule has 3 rings (SSSR count). The first-order valence-electron chi connectivity index (χ1n) is 9.17. The molecule has 0 atom stereocenters. The van der Waals surface area contributed by atoms with Crippen molar-refractivity contribution in [3.63, 3.8) is 0 Å². The fourth-order valence-corrected chi connectivity index (χ4v) is 3.28. The minimum absolute atomic E-state index is 0.00564. The van der Waals surface area contributed by atoms with Crippen molar-refractivity contribution < 1.29 is 0 Å². The van der Waals surface area contributed by atoms with Gasteiger partial charge in [0, 0.05) is 42.4 Å². The van der Waals surface area contributed by atoms with Crippen LogP contribution in [-0.4, -0.2) is 17.6 Å². The number of hydrogen-bond acceptors (Lipinski definition) is 2. The van der Waals surface area contributed by atoms with Crippen molar-refractivity contribution in [3.05, 3.63) is 104 Å². The van der Waals surface area contributed by atoms with E-state index >= 15 is 0 Å². The summed E-state index contributed by atoms with van der Waals surface area (Å²) in [5.74, 6) is 0.677. The number of pyridine rings is 1. The van der Waals surface area contributed by atoms with Gasteiger partial charge in [-0.25, -0.2) is 0 Å². The molecule has 0 bridgehead atoms. The van der Waals surface area contributed by atoms with Crippen LogP contribution in [0.15, 0.2) is 76.6 Å². The predicted octanol–water partition coefficient (Wildman–Crippen LogP) is 4.07. The van der Waals surface area contributed by atoms with Crippen molar-refractivity contribution in [1.82, 2.24) is 15.2 Å². The second-order valence-corrected chi connectivity index (χ2v) is 7.34. The summed E-state index contributed by atoms with van der Waals surface area (Å²) in [7, 11) is 1.72. The monoisotopic (exact) mass is 428 g/mol. The molecule has 0 saturated carbocycles. The van der Waals surface area contributed by atoms with Crippen molar-refractivity contribution >= 4 is 29.2 Å². The molecule has 0 spiro atoms. The Morgan fingerprint density at radius 3 is 2.38 bits per heavy atom. The molecule has 0 radical (unpaired) electrons. The first-order valence-corrected chi connectivity index (χ1v) is 9.92. The molecule has 2 aromatic carbocycles. The highest BCUT2D eigenvalue weighted by atomic mass is 35.5. The highest BCUT2D eigenvalue weighted by Crippen LogP contribution is 2.20. The first kappa shape index (κ1) is 21.0. The Hall–Kier alpha value is -2.76. The van der Waals surface area contributed by atoms with Gasteiger partial charge in [-0.2, -0.15) is 0 Å². The zero-order valence-corrected chi connectivity index (χ0v) is 17.5. The number of guanidine groups is 1. The normalized spacial score (nSPS) is 11.3. The van der Waals surface area contributed by atoms with Gasteiger partial charge in [-0.05, 0) is 34.9 Å². The third-order valence-corrected chi connectivity index (χ3v) is 5.01. The van der Waals surface area contributed by atoms with Crippen molar-refractivity contribution in [1.29, 1.82) is 0 Å². The maximum atomic E-state index is 11.8. The number of nitrogens with zero attached hydrogens (tertiary/aromatic N) is 2. The summed E-state index contributed by atoms with van der Waals surface area (Å²) in [4.78, 5) is 16.1. The van der Waals surface area contributed by atoms with Crippen LogP contribution in [0, 0.1) is 0 Å². The van der Waals surface area contributed by atoms with Gasteiger partial charge in [-0.15, -0.1) is 0 Å². The van der Waals surface area contributed by atoms with E-state index in [1.165, 1.54) is 0 Å². The molecule has 0 amide bonds. The first-order chi connectivity index (χ1) is 14.0. The van der Waals surface area contributed by atoms with Crippen molar-refractivity contribution in [2.24, 2.45) is 4.99 Å². The molecule has 1 heterocycles. The maximum Gasteiger partial charge on any atom is 0.250 e. The summed E-state index contributed by atoms with van der Waals surface area (Å²) in [6, 6.07) is 18.7. The van der Waals surface area contributed by atoms with Gasteiger partial charge in [0.1, 0.15) is 0 Å². The van der Waals surface area contributed by atoms with E-state index in [0.29, 0.717) is 35.6 Å². The zero-order valence-electron chi connectivity index (χ0n) is 16.0.